The number of hydrogen-bond acceptors (Lipinski definition) is 3. The van der Waals surface area contributed by atoms with Crippen molar-refractivity contribution in [2.24, 2.45) is 0 Å². The van der Waals surface area contributed by atoms with E-state index in [0.717, 1.165) is 6.42 Å². The number of nitrogens with one attached hydrogen (secondary N) is 1. The molecule has 1 N–H and O–H groups in total. The Hall–Kier alpha value is -0.940. The molecule has 2 heterocycles. The Morgan fingerprint density at radius 2 is 2.47 bits per heavy atom. The Labute approximate surface area is 109 Å². The van der Waals surface area contributed by atoms with Gasteiger partial charge in [0.1, 0.15) is 4.60 Å². The quantitative estimate of drug-likeness (QED) is 0.851. The number of hydrogen-bond donors (Lipinski definition) is 1. The van der Waals surface area contributed by atoms with Crippen LogP contribution in [0.1, 0.15) is 30.6 Å². The van der Waals surface area contributed by atoms with E-state index in [0.29, 0.717) is 16.8 Å². The highest BCUT2D eigenvalue weighted by molar-refractivity contribution is 9.10. The molecule has 1 fully saturated rings. The second-order valence-corrected chi connectivity index (χ2v) is 5.31. The van der Waals surface area contributed by atoms with Gasteiger partial charge in [-0.3, -0.25) is 4.79 Å². The van der Waals surface area contributed by atoms with E-state index < -0.39 is 0 Å². The molecule has 17 heavy (non-hydrogen) atoms. The van der Waals surface area contributed by atoms with Gasteiger partial charge in [0.2, 0.25) is 0 Å². The number of pyridine rings is 1. The minimum absolute atomic E-state index is 0.0386. The summed E-state index contributed by atoms with van der Waals surface area (Å²) in [6.45, 7) is 4.69. The molecule has 0 aromatic carbocycles. The van der Waals surface area contributed by atoms with Gasteiger partial charge in [-0.2, -0.15) is 0 Å². The highest BCUT2D eigenvalue weighted by Gasteiger charge is 2.38. The molecule has 0 saturated carbocycles. The summed E-state index contributed by atoms with van der Waals surface area (Å²) in [4.78, 5) is 16.1. The predicted molar refractivity (Wildman–Crippen MR) is 67.8 cm³/mol. The molecule has 0 spiro atoms. The number of rotatable bonds is 2. The molecular weight excluding hydrogens is 284 g/mol. The van der Waals surface area contributed by atoms with Crippen molar-refractivity contribution in [3.05, 3.63) is 28.5 Å². The first-order chi connectivity index (χ1) is 8.01. The van der Waals surface area contributed by atoms with Crippen LogP contribution in [0.15, 0.2) is 22.9 Å². The summed E-state index contributed by atoms with van der Waals surface area (Å²) in [6, 6.07) is 3.41. The van der Waals surface area contributed by atoms with Crippen molar-refractivity contribution in [2.75, 3.05) is 6.61 Å². The first-order valence-electron chi connectivity index (χ1n) is 5.57. The van der Waals surface area contributed by atoms with Crippen molar-refractivity contribution in [3.8, 4) is 0 Å². The fourth-order valence-electron chi connectivity index (χ4n) is 1.87. The van der Waals surface area contributed by atoms with Gasteiger partial charge in [0.15, 0.2) is 0 Å². The molecule has 2 rings (SSSR count). The molecule has 1 saturated heterocycles. The third kappa shape index (κ3) is 2.66. The zero-order chi connectivity index (χ0) is 12.5. The van der Waals surface area contributed by atoms with E-state index in [1.807, 2.05) is 13.8 Å². The van der Waals surface area contributed by atoms with Gasteiger partial charge in [0.25, 0.3) is 5.91 Å². The molecule has 1 aromatic rings. The highest BCUT2D eigenvalue weighted by Crippen LogP contribution is 2.25. The van der Waals surface area contributed by atoms with Crippen LogP contribution in [-0.4, -0.2) is 29.1 Å². The summed E-state index contributed by atoms with van der Waals surface area (Å²) in [5, 5.41) is 3.04. The van der Waals surface area contributed by atoms with Crippen LogP contribution >= 0.6 is 15.9 Å². The van der Waals surface area contributed by atoms with Crippen molar-refractivity contribution >= 4 is 21.8 Å². The molecule has 4 nitrogen and oxygen atoms in total. The second-order valence-electron chi connectivity index (χ2n) is 4.50. The van der Waals surface area contributed by atoms with Crippen LogP contribution in [0.2, 0.25) is 0 Å². The molecule has 92 valence electrons. The molecule has 5 heteroatoms. The lowest BCUT2D eigenvalue weighted by atomic mass is 9.94. The minimum atomic E-state index is -0.285. The zero-order valence-electron chi connectivity index (χ0n) is 9.87. The fraction of sp³-hybridized carbons (Fsp3) is 0.500. The average Bonchev–Trinajstić information content (AvgIpc) is 2.59. The first kappa shape index (κ1) is 12.5. The van der Waals surface area contributed by atoms with Crippen LogP contribution in [0.4, 0.5) is 0 Å². The molecule has 0 bridgehead atoms. The van der Waals surface area contributed by atoms with Crippen LogP contribution in [0.3, 0.4) is 0 Å². The molecule has 1 aromatic heterocycles. The van der Waals surface area contributed by atoms with Crippen LogP contribution in [0.5, 0.6) is 0 Å². The summed E-state index contributed by atoms with van der Waals surface area (Å²) >= 11 is 3.25. The molecule has 2 atom stereocenters. The van der Waals surface area contributed by atoms with Gasteiger partial charge in [-0.05, 0) is 48.3 Å². The average molecular weight is 299 g/mol. The van der Waals surface area contributed by atoms with Crippen molar-refractivity contribution in [1.82, 2.24) is 10.3 Å². The van der Waals surface area contributed by atoms with E-state index in [2.05, 4.69) is 26.2 Å². The van der Waals surface area contributed by atoms with Gasteiger partial charge < -0.3 is 10.1 Å². The van der Waals surface area contributed by atoms with E-state index in [1.54, 1.807) is 18.3 Å². The number of carbonyl (C=O) groups is 1. The maximum atomic E-state index is 12.1. The molecule has 2 unspecified atom stereocenters. The third-order valence-electron chi connectivity index (χ3n) is 3.27. The highest BCUT2D eigenvalue weighted by atomic mass is 79.9. The molecule has 1 aliphatic rings. The van der Waals surface area contributed by atoms with E-state index in [4.69, 9.17) is 4.74 Å². The molecule has 1 aliphatic heterocycles. The summed E-state index contributed by atoms with van der Waals surface area (Å²) < 4.78 is 6.15. The van der Waals surface area contributed by atoms with Gasteiger partial charge in [-0.1, -0.05) is 0 Å². The standard InChI is InChI=1S/C12H15BrN2O2/c1-8-12(2,4-6-17-8)15-11(16)9-3-5-14-10(13)7-9/h3,5,7-8H,4,6H2,1-2H3,(H,15,16). The van der Waals surface area contributed by atoms with Crippen LogP contribution in [0.25, 0.3) is 0 Å². The second kappa shape index (κ2) is 4.74. The number of amides is 1. The molecule has 1 amide bonds. The zero-order valence-corrected chi connectivity index (χ0v) is 11.5. The number of aromatic nitrogens is 1. The summed E-state index contributed by atoms with van der Waals surface area (Å²) in [6.07, 6.45) is 2.49. The van der Waals surface area contributed by atoms with Gasteiger partial charge in [-0.15, -0.1) is 0 Å². The lowest BCUT2D eigenvalue weighted by Gasteiger charge is -2.28. The topological polar surface area (TPSA) is 51.2 Å². The number of carbonyl (C=O) groups excluding carboxylic acids is 1. The van der Waals surface area contributed by atoms with Crippen molar-refractivity contribution in [3.63, 3.8) is 0 Å². The van der Waals surface area contributed by atoms with Crippen molar-refractivity contribution < 1.29 is 9.53 Å². The Bertz CT molecular complexity index is 438. The van der Waals surface area contributed by atoms with Gasteiger partial charge in [0, 0.05) is 18.4 Å². The van der Waals surface area contributed by atoms with E-state index in [-0.39, 0.29) is 17.6 Å². The Morgan fingerprint density at radius 1 is 1.71 bits per heavy atom. The normalized spacial score (nSPS) is 28.1. The van der Waals surface area contributed by atoms with E-state index in [1.165, 1.54) is 0 Å². The summed E-state index contributed by atoms with van der Waals surface area (Å²) in [5.74, 6) is -0.0899. The SMILES string of the molecule is CC1OCCC1(C)NC(=O)c1ccnc(Br)c1. The molecule has 0 radical (unpaired) electrons. The number of nitrogens with zero attached hydrogens (tertiary/aromatic N) is 1. The largest absolute Gasteiger partial charge is 0.376 e. The van der Waals surface area contributed by atoms with Gasteiger partial charge in [-0.25, -0.2) is 4.98 Å². The smallest absolute Gasteiger partial charge is 0.251 e. The first-order valence-corrected chi connectivity index (χ1v) is 6.36. The lowest BCUT2D eigenvalue weighted by molar-refractivity contribution is 0.0727. The Morgan fingerprint density at radius 3 is 3.06 bits per heavy atom. The van der Waals surface area contributed by atoms with E-state index in [9.17, 15) is 4.79 Å². The van der Waals surface area contributed by atoms with Crippen molar-refractivity contribution in [1.29, 1.82) is 0 Å². The number of ether oxygens (including phenoxy) is 1. The summed E-state index contributed by atoms with van der Waals surface area (Å²) in [5.41, 5.74) is 0.319. The number of halogens is 1. The third-order valence-corrected chi connectivity index (χ3v) is 3.71. The maximum Gasteiger partial charge on any atom is 0.251 e. The van der Waals surface area contributed by atoms with Gasteiger partial charge in [0.05, 0.1) is 11.6 Å². The Kier molecular flexibility index (Phi) is 3.49. The van der Waals surface area contributed by atoms with Gasteiger partial charge >= 0.3 is 0 Å². The van der Waals surface area contributed by atoms with Crippen LogP contribution < -0.4 is 5.32 Å². The molecule has 0 aliphatic carbocycles. The summed E-state index contributed by atoms with van der Waals surface area (Å²) in [7, 11) is 0. The van der Waals surface area contributed by atoms with Crippen LogP contribution in [0, 0.1) is 0 Å². The van der Waals surface area contributed by atoms with Crippen molar-refractivity contribution in [2.45, 2.75) is 31.9 Å². The van der Waals surface area contributed by atoms with Crippen LogP contribution in [-0.2, 0) is 4.74 Å². The lowest BCUT2D eigenvalue weighted by Crippen LogP contribution is -2.50. The monoisotopic (exact) mass is 298 g/mol. The van der Waals surface area contributed by atoms with E-state index >= 15 is 0 Å². The maximum absolute atomic E-state index is 12.1. The minimum Gasteiger partial charge on any atom is -0.376 e. The predicted octanol–water partition coefficient (Wildman–Crippen LogP) is 2.14. The Balaban J connectivity index is 2.12. The fourth-order valence-corrected chi connectivity index (χ4v) is 2.24. The molecular formula is C12H15BrN2O2.